The van der Waals surface area contributed by atoms with Crippen LogP contribution in [0.25, 0.3) is 11.3 Å². The number of aromatic nitrogens is 3. The van der Waals surface area contributed by atoms with E-state index in [2.05, 4.69) is 15.0 Å². The Morgan fingerprint density at radius 2 is 1.94 bits per heavy atom. The van der Waals surface area contributed by atoms with Gasteiger partial charge in [0.2, 0.25) is 0 Å². The highest BCUT2D eigenvalue weighted by Gasteiger charge is 2.11. The standard InChI is InChI=1S/C9H5ClN4O2/c10-9-2-7(14(15)16)1-8(13-9)6-3-11-5-12-4-6/h1-5H. The van der Waals surface area contributed by atoms with Gasteiger partial charge in [-0.2, -0.15) is 0 Å². The number of pyridine rings is 1. The number of nitro groups is 1. The first-order valence-corrected chi connectivity index (χ1v) is 4.62. The van der Waals surface area contributed by atoms with Gasteiger partial charge in [-0.1, -0.05) is 11.6 Å². The molecular weight excluding hydrogens is 232 g/mol. The normalized spacial score (nSPS) is 10.1. The Hall–Kier alpha value is -2.08. The lowest BCUT2D eigenvalue weighted by Gasteiger charge is -2.00. The van der Waals surface area contributed by atoms with Gasteiger partial charge in [0.15, 0.2) is 0 Å². The fourth-order valence-corrected chi connectivity index (χ4v) is 1.37. The molecule has 0 atom stereocenters. The van der Waals surface area contributed by atoms with Gasteiger partial charge < -0.3 is 0 Å². The van der Waals surface area contributed by atoms with Crippen molar-refractivity contribution < 1.29 is 4.92 Å². The van der Waals surface area contributed by atoms with Crippen molar-refractivity contribution >= 4 is 17.3 Å². The van der Waals surface area contributed by atoms with Crippen LogP contribution in [0, 0.1) is 10.1 Å². The van der Waals surface area contributed by atoms with Crippen molar-refractivity contribution in [2.45, 2.75) is 0 Å². The highest BCUT2D eigenvalue weighted by atomic mass is 35.5. The molecule has 0 bridgehead atoms. The molecule has 16 heavy (non-hydrogen) atoms. The van der Waals surface area contributed by atoms with Crippen molar-refractivity contribution in [3.63, 3.8) is 0 Å². The van der Waals surface area contributed by atoms with Crippen molar-refractivity contribution in [2.75, 3.05) is 0 Å². The lowest BCUT2D eigenvalue weighted by Crippen LogP contribution is -1.92. The van der Waals surface area contributed by atoms with Gasteiger partial charge in [0.25, 0.3) is 5.69 Å². The van der Waals surface area contributed by atoms with Crippen LogP contribution in [0.15, 0.2) is 30.9 Å². The van der Waals surface area contributed by atoms with Crippen LogP contribution < -0.4 is 0 Å². The highest BCUT2D eigenvalue weighted by Crippen LogP contribution is 2.23. The van der Waals surface area contributed by atoms with Crippen molar-refractivity contribution in [3.8, 4) is 11.3 Å². The molecule has 2 aromatic heterocycles. The van der Waals surface area contributed by atoms with Crippen LogP contribution in [0.5, 0.6) is 0 Å². The van der Waals surface area contributed by atoms with Crippen LogP contribution in [0.3, 0.4) is 0 Å². The van der Waals surface area contributed by atoms with Gasteiger partial charge in [0, 0.05) is 24.0 Å². The zero-order valence-corrected chi connectivity index (χ0v) is 8.63. The molecule has 0 aromatic carbocycles. The smallest absolute Gasteiger partial charge is 0.258 e. The Bertz CT molecular complexity index is 532. The van der Waals surface area contributed by atoms with Gasteiger partial charge in [-0.05, 0) is 0 Å². The minimum atomic E-state index is -0.527. The van der Waals surface area contributed by atoms with Gasteiger partial charge in [0.05, 0.1) is 16.7 Å². The van der Waals surface area contributed by atoms with E-state index in [4.69, 9.17) is 11.6 Å². The first-order valence-electron chi connectivity index (χ1n) is 4.24. The molecular formula is C9H5ClN4O2. The van der Waals surface area contributed by atoms with E-state index in [1.165, 1.54) is 30.9 Å². The number of hydrogen-bond acceptors (Lipinski definition) is 5. The second-order valence-corrected chi connectivity index (χ2v) is 3.30. The molecule has 0 spiro atoms. The van der Waals surface area contributed by atoms with Gasteiger partial charge in [0.1, 0.15) is 11.5 Å². The summed E-state index contributed by atoms with van der Waals surface area (Å²) in [5, 5.41) is 10.7. The number of halogens is 1. The molecule has 0 saturated heterocycles. The summed E-state index contributed by atoms with van der Waals surface area (Å²) >= 11 is 5.69. The van der Waals surface area contributed by atoms with Gasteiger partial charge in [-0.25, -0.2) is 15.0 Å². The summed E-state index contributed by atoms with van der Waals surface area (Å²) in [6.45, 7) is 0. The van der Waals surface area contributed by atoms with Gasteiger partial charge in [-0.3, -0.25) is 10.1 Å². The van der Waals surface area contributed by atoms with Crippen molar-refractivity contribution in [1.29, 1.82) is 0 Å². The molecule has 0 aliphatic rings. The average Bonchev–Trinajstić information content (AvgIpc) is 2.29. The SMILES string of the molecule is O=[N+]([O-])c1cc(Cl)nc(-c2cncnc2)c1. The van der Waals surface area contributed by atoms with E-state index in [1.807, 2.05) is 0 Å². The van der Waals surface area contributed by atoms with Crippen LogP contribution in [-0.2, 0) is 0 Å². The summed E-state index contributed by atoms with van der Waals surface area (Å²) < 4.78 is 0. The summed E-state index contributed by atoms with van der Waals surface area (Å²) in [6, 6.07) is 2.51. The third kappa shape index (κ3) is 2.12. The van der Waals surface area contributed by atoms with Crippen LogP contribution in [0.1, 0.15) is 0 Å². The average molecular weight is 237 g/mol. The highest BCUT2D eigenvalue weighted by molar-refractivity contribution is 6.29. The first-order chi connectivity index (χ1) is 7.66. The molecule has 7 heteroatoms. The minimum absolute atomic E-state index is 0.0630. The molecule has 0 saturated carbocycles. The second-order valence-electron chi connectivity index (χ2n) is 2.92. The molecule has 6 nitrogen and oxygen atoms in total. The van der Waals surface area contributed by atoms with Crippen LogP contribution in [-0.4, -0.2) is 19.9 Å². The van der Waals surface area contributed by atoms with E-state index in [1.54, 1.807) is 0 Å². The minimum Gasteiger partial charge on any atom is -0.258 e. The third-order valence-corrected chi connectivity index (χ3v) is 2.04. The largest absolute Gasteiger partial charge is 0.274 e. The lowest BCUT2D eigenvalue weighted by atomic mass is 10.2. The first kappa shape index (κ1) is 10.4. The number of rotatable bonds is 2. The Kier molecular flexibility index (Phi) is 2.74. The van der Waals surface area contributed by atoms with E-state index >= 15 is 0 Å². The van der Waals surface area contributed by atoms with Crippen LogP contribution >= 0.6 is 11.6 Å². The fraction of sp³-hybridized carbons (Fsp3) is 0. The molecule has 0 amide bonds. The monoisotopic (exact) mass is 236 g/mol. The predicted octanol–water partition coefficient (Wildman–Crippen LogP) is 2.10. The molecule has 0 unspecified atom stereocenters. The van der Waals surface area contributed by atoms with Crippen LogP contribution in [0.2, 0.25) is 5.15 Å². The zero-order chi connectivity index (χ0) is 11.5. The predicted molar refractivity (Wildman–Crippen MR) is 56.9 cm³/mol. The zero-order valence-electron chi connectivity index (χ0n) is 7.87. The third-order valence-electron chi connectivity index (χ3n) is 1.85. The van der Waals surface area contributed by atoms with Crippen molar-refractivity contribution in [3.05, 3.63) is 46.1 Å². The van der Waals surface area contributed by atoms with E-state index in [9.17, 15) is 10.1 Å². The van der Waals surface area contributed by atoms with Gasteiger partial charge in [-0.15, -0.1) is 0 Å². The van der Waals surface area contributed by atoms with E-state index in [0.29, 0.717) is 11.3 Å². The molecule has 2 rings (SSSR count). The van der Waals surface area contributed by atoms with Crippen molar-refractivity contribution in [1.82, 2.24) is 15.0 Å². The van der Waals surface area contributed by atoms with Crippen molar-refractivity contribution in [2.24, 2.45) is 0 Å². The maximum atomic E-state index is 10.6. The summed E-state index contributed by atoms with van der Waals surface area (Å²) in [5.74, 6) is 0. The van der Waals surface area contributed by atoms with E-state index in [0.717, 1.165) is 0 Å². The summed E-state index contributed by atoms with van der Waals surface area (Å²) in [6.07, 6.45) is 4.38. The Labute approximate surface area is 95.1 Å². The molecule has 0 N–H and O–H groups in total. The molecule has 0 radical (unpaired) electrons. The van der Waals surface area contributed by atoms with E-state index in [-0.39, 0.29) is 10.8 Å². The fourth-order valence-electron chi connectivity index (χ4n) is 1.17. The summed E-state index contributed by atoms with van der Waals surface area (Å²) in [5.41, 5.74) is 0.840. The maximum absolute atomic E-state index is 10.6. The molecule has 0 fully saturated rings. The topological polar surface area (TPSA) is 81.8 Å². The lowest BCUT2D eigenvalue weighted by molar-refractivity contribution is -0.384. The molecule has 2 aromatic rings. The maximum Gasteiger partial charge on any atom is 0.274 e. The van der Waals surface area contributed by atoms with E-state index < -0.39 is 4.92 Å². The summed E-state index contributed by atoms with van der Waals surface area (Å²) in [4.78, 5) is 21.7. The van der Waals surface area contributed by atoms with Gasteiger partial charge >= 0.3 is 0 Å². The second kappa shape index (κ2) is 4.19. The Morgan fingerprint density at radius 1 is 1.25 bits per heavy atom. The Balaban J connectivity index is 2.54. The molecule has 0 aliphatic heterocycles. The Morgan fingerprint density at radius 3 is 2.56 bits per heavy atom. The quantitative estimate of drug-likeness (QED) is 0.453. The number of nitrogens with zero attached hydrogens (tertiary/aromatic N) is 4. The molecule has 80 valence electrons. The van der Waals surface area contributed by atoms with Crippen LogP contribution in [0.4, 0.5) is 5.69 Å². The summed E-state index contributed by atoms with van der Waals surface area (Å²) in [7, 11) is 0. The molecule has 0 aliphatic carbocycles. The number of hydrogen-bond donors (Lipinski definition) is 0. The molecule has 2 heterocycles.